The summed E-state index contributed by atoms with van der Waals surface area (Å²) in [4.78, 5) is 29.8. The highest BCUT2D eigenvalue weighted by Gasteiger charge is 2.25. The number of rotatable bonds is 7. The second-order valence-electron chi connectivity index (χ2n) is 9.11. The summed E-state index contributed by atoms with van der Waals surface area (Å²) >= 11 is 0. The summed E-state index contributed by atoms with van der Waals surface area (Å²) < 4.78 is 33.8. The molecule has 1 aromatic carbocycles. The van der Waals surface area contributed by atoms with Gasteiger partial charge in [0.25, 0.3) is 5.69 Å². The van der Waals surface area contributed by atoms with Gasteiger partial charge in [-0.15, -0.1) is 0 Å². The Balaban J connectivity index is 1.47. The molecule has 1 fully saturated rings. The zero-order valence-electron chi connectivity index (χ0n) is 19.5. The number of ether oxygens (including phenoxy) is 1. The second kappa shape index (κ2) is 10.7. The molecule has 1 aliphatic rings. The van der Waals surface area contributed by atoms with E-state index in [2.05, 4.69) is 15.2 Å². The van der Waals surface area contributed by atoms with E-state index in [9.17, 15) is 23.7 Å². The molecule has 3 rings (SSSR count). The van der Waals surface area contributed by atoms with E-state index >= 15 is 0 Å². The summed E-state index contributed by atoms with van der Waals surface area (Å²) in [5, 5.41) is 13.5. The van der Waals surface area contributed by atoms with Crippen LogP contribution in [-0.2, 0) is 17.7 Å². The Kier molecular flexibility index (Phi) is 7.98. The van der Waals surface area contributed by atoms with Crippen LogP contribution in [0.15, 0.2) is 30.5 Å². The molecule has 0 radical (unpaired) electrons. The third-order valence-electron chi connectivity index (χ3n) is 5.24. The Morgan fingerprint density at radius 3 is 2.35 bits per heavy atom. The van der Waals surface area contributed by atoms with Crippen LogP contribution in [0.1, 0.15) is 32.0 Å². The van der Waals surface area contributed by atoms with Crippen molar-refractivity contribution in [2.75, 3.05) is 37.6 Å². The van der Waals surface area contributed by atoms with Crippen LogP contribution in [0.25, 0.3) is 0 Å². The molecule has 34 heavy (non-hydrogen) atoms. The Labute approximate surface area is 196 Å². The number of alkyl carbamates (subject to hydrolysis) is 1. The first-order valence-corrected chi connectivity index (χ1v) is 11.0. The van der Waals surface area contributed by atoms with Gasteiger partial charge in [0.1, 0.15) is 11.3 Å². The molecule has 0 aliphatic carbocycles. The van der Waals surface area contributed by atoms with Crippen molar-refractivity contribution >= 4 is 17.5 Å². The van der Waals surface area contributed by atoms with Crippen molar-refractivity contribution in [1.29, 1.82) is 0 Å². The van der Waals surface area contributed by atoms with Crippen LogP contribution in [0.5, 0.6) is 0 Å². The first-order chi connectivity index (χ1) is 16.0. The molecule has 184 valence electrons. The average Bonchev–Trinajstić information content (AvgIpc) is 2.74. The van der Waals surface area contributed by atoms with E-state index in [1.807, 2.05) is 12.1 Å². The fourth-order valence-electron chi connectivity index (χ4n) is 3.65. The van der Waals surface area contributed by atoms with Crippen molar-refractivity contribution in [1.82, 2.24) is 15.2 Å². The molecule has 11 heteroatoms. The Morgan fingerprint density at radius 2 is 1.82 bits per heavy atom. The molecule has 1 N–H and O–H groups in total. The number of amides is 1. The van der Waals surface area contributed by atoms with Crippen LogP contribution in [-0.4, -0.2) is 59.2 Å². The van der Waals surface area contributed by atoms with Crippen molar-refractivity contribution in [3.05, 3.63) is 63.5 Å². The summed E-state index contributed by atoms with van der Waals surface area (Å²) in [5.74, 6) is -1.86. The van der Waals surface area contributed by atoms with Crippen LogP contribution in [0.2, 0.25) is 0 Å². The minimum atomic E-state index is -0.930. The van der Waals surface area contributed by atoms with Crippen molar-refractivity contribution in [3.63, 3.8) is 0 Å². The zero-order valence-corrected chi connectivity index (χ0v) is 19.5. The molecule has 0 spiro atoms. The number of pyridine rings is 1. The fraction of sp³-hybridized carbons (Fsp3) is 0.478. The number of nitro benzene ring substituents is 1. The Hall–Kier alpha value is -3.34. The number of hydrogen-bond donors (Lipinski definition) is 1. The van der Waals surface area contributed by atoms with Crippen LogP contribution in [0.4, 0.5) is 25.0 Å². The van der Waals surface area contributed by atoms with E-state index in [-0.39, 0.29) is 5.69 Å². The molecular formula is C23H29F2N5O4. The number of carbonyl (C=O) groups excluding carboxylic acids is 1. The highest BCUT2D eigenvalue weighted by molar-refractivity contribution is 5.67. The van der Waals surface area contributed by atoms with Crippen molar-refractivity contribution < 1.29 is 23.2 Å². The van der Waals surface area contributed by atoms with Gasteiger partial charge in [0.15, 0.2) is 11.6 Å². The highest BCUT2D eigenvalue weighted by atomic mass is 19.1. The van der Waals surface area contributed by atoms with E-state index < -0.39 is 33.9 Å². The van der Waals surface area contributed by atoms with E-state index in [1.54, 1.807) is 31.9 Å². The maximum Gasteiger partial charge on any atom is 0.407 e. The van der Waals surface area contributed by atoms with Crippen molar-refractivity contribution in [2.24, 2.45) is 0 Å². The lowest BCUT2D eigenvalue weighted by atomic mass is 10.2. The molecular weight excluding hydrogens is 448 g/mol. The Morgan fingerprint density at radius 1 is 1.18 bits per heavy atom. The lowest BCUT2D eigenvalue weighted by molar-refractivity contribution is -0.385. The highest BCUT2D eigenvalue weighted by Crippen LogP contribution is 2.29. The zero-order chi connectivity index (χ0) is 24.9. The standard InChI is InChI=1S/C23H29F2N5O4/c1-23(2,3)34-22(31)26-7-6-17-5-4-16(14-27-17)15-28-8-10-29(11-9-28)21-19(24)12-18(30(32)33)13-20(21)25/h4-5,12-14H,6-11,15H2,1-3H3,(H,26,31). The summed E-state index contributed by atoms with van der Waals surface area (Å²) in [7, 11) is 0. The monoisotopic (exact) mass is 477 g/mol. The third kappa shape index (κ3) is 7.08. The van der Waals surface area contributed by atoms with Gasteiger partial charge in [-0.1, -0.05) is 6.07 Å². The maximum absolute atomic E-state index is 14.3. The molecule has 0 bridgehead atoms. The lowest BCUT2D eigenvalue weighted by Crippen LogP contribution is -2.46. The van der Waals surface area contributed by atoms with E-state index in [0.717, 1.165) is 23.4 Å². The molecule has 2 heterocycles. The smallest absolute Gasteiger partial charge is 0.407 e. The van der Waals surface area contributed by atoms with Gasteiger partial charge >= 0.3 is 6.09 Å². The number of carbonyl (C=O) groups is 1. The molecule has 1 saturated heterocycles. The number of anilines is 1. The number of nitrogens with zero attached hydrogens (tertiary/aromatic N) is 4. The molecule has 0 atom stereocenters. The van der Waals surface area contributed by atoms with Crippen molar-refractivity contribution in [2.45, 2.75) is 39.3 Å². The molecule has 1 aromatic heterocycles. The number of non-ortho nitro benzene ring substituents is 1. The van der Waals surface area contributed by atoms with Gasteiger partial charge in [0.05, 0.1) is 17.1 Å². The van der Waals surface area contributed by atoms with Gasteiger partial charge in [0.2, 0.25) is 0 Å². The van der Waals surface area contributed by atoms with Gasteiger partial charge in [-0.3, -0.25) is 20.0 Å². The number of aromatic nitrogens is 1. The van der Waals surface area contributed by atoms with Gasteiger partial charge in [0, 0.05) is 57.6 Å². The number of nitrogens with one attached hydrogen (secondary N) is 1. The number of piperazine rings is 1. The summed E-state index contributed by atoms with van der Waals surface area (Å²) in [6, 6.07) is 5.38. The predicted molar refractivity (Wildman–Crippen MR) is 123 cm³/mol. The molecule has 1 aliphatic heterocycles. The summed E-state index contributed by atoms with van der Waals surface area (Å²) in [6.45, 7) is 8.42. The Bertz CT molecular complexity index is 996. The quantitative estimate of drug-likeness (QED) is 0.480. The van der Waals surface area contributed by atoms with Gasteiger partial charge in [-0.2, -0.15) is 0 Å². The van der Waals surface area contributed by atoms with E-state index in [0.29, 0.717) is 45.7 Å². The first-order valence-electron chi connectivity index (χ1n) is 11.0. The van der Waals surface area contributed by atoms with Crippen LogP contribution in [0, 0.1) is 21.7 Å². The SMILES string of the molecule is CC(C)(C)OC(=O)NCCc1ccc(CN2CCN(c3c(F)cc([N+](=O)[O-])cc3F)CC2)cn1. The molecule has 0 unspecified atom stereocenters. The minimum absolute atomic E-state index is 0.226. The van der Waals surface area contributed by atoms with Crippen LogP contribution < -0.4 is 10.2 Å². The average molecular weight is 478 g/mol. The number of nitro groups is 1. The fourth-order valence-corrected chi connectivity index (χ4v) is 3.65. The topological polar surface area (TPSA) is 101 Å². The maximum atomic E-state index is 14.3. The minimum Gasteiger partial charge on any atom is -0.444 e. The molecule has 2 aromatic rings. The first kappa shape index (κ1) is 25.3. The lowest BCUT2D eigenvalue weighted by Gasteiger charge is -2.36. The van der Waals surface area contributed by atoms with Gasteiger partial charge in [-0.25, -0.2) is 13.6 Å². The second-order valence-corrected chi connectivity index (χ2v) is 9.11. The number of benzene rings is 1. The van der Waals surface area contributed by atoms with E-state index in [1.165, 1.54) is 0 Å². The van der Waals surface area contributed by atoms with E-state index in [4.69, 9.17) is 4.74 Å². The van der Waals surface area contributed by atoms with Gasteiger partial charge < -0.3 is 15.0 Å². The number of hydrogen-bond acceptors (Lipinski definition) is 7. The predicted octanol–water partition coefficient (Wildman–Crippen LogP) is 3.66. The van der Waals surface area contributed by atoms with Crippen LogP contribution in [0.3, 0.4) is 0 Å². The molecule has 1 amide bonds. The third-order valence-corrected chi connectivity index (χ3v) is 5.24. The number of halogens is 2. The molecule has 0 saturated carbocycles. The van der Waals surface area contributed by atoms with Crippen LogP contribution >= 0.6 is 0 Å². The van der Waals surface area contributed by atoms with Gasteiger partial charge in [-0.05, 0) is 32.4 Å². The molecule has 9 nitrogen and oxygen atoms in total. The van der Waals surface area contributed by atoms with Crippen molar-refractivity contribution in [3.8, 4) is 0 Å². The normalized spacial score (nSPS) is 14.7. The summed E-state index contributed by atoms with van der Waals surface area (Å²) in [6.07, 6.45) is 1.90. The summed E-state index contributed by atoms with van der Waals surface area (Å²) in [5.41, 5.74) is 0.476. The largest absolute Gasteiger partial charge is 0.444 e.